The van der Waals surface area contributed by atoms with Crippen molar-refractivity contribution < 1.29 is 14.3 Å². The molecule has 0 aromatic heterocycles. The first-order chi connectivity index (χ1) is 15.7. The van der Waals surface area contributed by atoms with Crippen molar-refractivity contribution in [3.8, 4) is 11.5 Å². The Morgan fingerprint density at radius 3 is 2.25 bits per heavy atom. The number of methoxy groups -OCH3 is 1. The molecule has 32 heavy (non-hydrogen) atoms. The maximum Gasteiger partial charge on any atom is 0.262 e. The Hall–Kier alpha value is -3.31. The van der Waals surface area contributed by atoms with Crippen LogP contribution in [0.1, 0.15) is 36.0 Å². The van der Waals surface area contributed by atoms with E-state index in [2.05, 4.69) is 5.32 Å². The van der Waals surface area contributed by atoms with Crippen molar-refractivity contribution in [1.29, 1.82) is 0 Å². The molecule has 1 N–H and O–H groups in total. The van der Waals surface area contributed by atoms with Crippen LogP contribution in [-0.4, -0.2) is 32.2 Å². The molecule has 0 saturated carbocycles. The van der Waals surface area contributed by atoms with E-state index in [1.165, 1.54) is 19.3 Å². The van der Waals surface area contributed by atoms with E-state index in [1.807, 2.05) is 54.6 Å². The van der Waals surface area contributed by atoms with Gasteiger partial charge in [0.1, 0.15) is 11.5 Å². The Morgan fingerprint density at radius 1 is 0.906 bits per heavy atom. The minimum absolute atomic E-state index is 0.101. The molecule has 5 nitrogen and oxygen atoms in total. The van der Waals surface area contributed by atoms with Gasteiger partial charge in [-0.05, 0) is 86.5 Å². The van der Waals surface area contributed by atoms with E-state index in [0.29, 0.717) is 18.2 Å². The summed E-state index contributed by atoms with van der Waals surface area (Å²) in [6.45, 7) is 1.79. The number of amides is 1. The summed E-state index contributed by atoms with van der Waals surface area (Å²) in [5, 5.41) is 3.55. The number of rotatable bonds is 8. The van der Waals surface area contributed by atoms with Crippen LogP contribution in [0.15, 0.2) is 78.9 Å². The molecule has 1 unspecified atom stereocenters. The lowest BCUT2D eigenvalue weighted by Gasteiger charge is -2.24. The SMILES string of the molecule is COc1ccc(C(=O)N(c2ccccc2)c2ccc(OCCC3CCCCN3)cc2)cc1. The molecule has 1 fully saturated rings. The predicted octanol–water partition coefficient (Wildman–Crippen LogP) is 5.58. The zero-order valence-corrected chi connectivity index (χ0v) is 18.5. The highest BCUT2D eigenvalue weighted by molar-refractivity contribution is 6.10. The van der Waals surface area contributed by atoms with E-state index >= 15 is 0 Å². The minimum Gasteiger partial charge on any atom is -0.497 e. The summed E-state index contributed by atoms with van der Waals surface area (Å²) in [6, 6.07) is 25.1. The van der Waals surface area contributed by atoms with Crippen LogP contribution in [0.25, 0.3) is 0 Å². The molecule has 166 valence electrons. The summed E-state index contributed by atoms with van der Waals surface area (Å²) in [4.78, 5) is 15.1. The third kappa shape index (κ3) is 5.48. The zero-order valence-electron chi connectivity index (χ0n) is 18.5. The average molecular weight is 431 g/mol. The number of nitrogens with zero attached hydrogens (tertiary/aromatic N) is 1. The number of piperidine rings is 1. The summed E-state index contributed by atoms with van der Waals surface area (Å²) >= 11 is 0. The van der Waals surface area contributed by atoms with Crippen LogP contribution >= 0.6 is 0 Å². The third-order valence-corrected chi connectivity index (χ3v) is 5.80. The van der Waals surface area contributed by atoms with Crippen molar-refractivity contribution in [2.45, 2.75) is 31.7 Å². The van der Waals surface area contributed by atoms with Crippen molar-refractivity contribution in [2.24, 2.45) is 0 Å². The molecule has 1 atom stereocenters. The van der Waals surface area contributed by atoms with Crippen molar-refractivity contribution in [1.82, 2.24) is 5.32 Å². The van der Waals surface area contributed by atoms with Crippen LogP contribution in [-0.2, 0) is 0 Å². The fourth-order valence-corrected chi connectivity index (χ4v) is 4.00. The van der Waals surface area contributed by atoms with Crippen LogP contribution in [0.5, 0.6) is 11.5 Å². The van der Waals surface area contributed by atoms with Gasteiger partial charge in [0.25, 0.3) is 5.91 Å². The van der Waals surface area contributed by atoms with Crippen LogP contribution in [0.3, 0.4) is 0 Å². The normalized spacial score (nSPS) is 15.7. The monoisotopic (exact) mass is 430 g/mol. The van der Waals surface area contributed by atoms with Crippen LogP contribution in [0.4, 0.5) is 11.4 Å². The highest BCUT2D eigenvalue weighted by Crippen LogP contribution is 2.29. The maximum absolute atomic E-state index is 13.4. The summed E-state index contributed by atoms with van der Waals surface area (Å²) in [6.07, 6.45) is 4.80. The van der Waals surface area contributed by atoms with Crippen molar-refractivity contribution in [2.75, 3.05) is 25.2 Å². The van der Waals surface area contributed by atoms with E-state index < -0.39 is 0 Å². The fraction of sp³-hybridized carbons (Fsp3) is 0.296. The molecule has 1 amide bonds. The Morgan fingerprint density at radius 2 is 1.59 bits per heavy atom. The molecule has 5 heteroatoms. The number of carbonyl (C=O) groups is 1. The molecule has 0 bridgehead atoms. The Kier molecular flexibility index (Phi) is 7.41. The number of hydrogen-bond acceptors (Lipinski definition) is 4. The lowest BCUT2D eigenvalue weighted by atomic mass is 10.0. The average Bonchev–Trinajstić information content (AvgIpc) is 2.86. The molecular formula is C27H30N2O3. The van der Waals surface area contributed by atoms with Gasteiger partial charge < -0.3 is 14.8 Å². The summed E-state index contributed by atoms with van der Waals surface area (Å²) in [5.41, 5.74) is 2.19. The molecule has 1 saturated heterocycles. The largest absolute Gasteiger partial charge is 0.497 e. The van der Waals surface area contributed by atoms with Gasteiger partial charge in [-0.2, -0.15) is 0 Å². The van der Waals surface area contributed by atoms with Gasteiger partial charge in [-0.1, -0.05) is 24.6 Å². The van der Waals surface area contributed by atoms with Gasteiger partial charge in [-0.15, -0.1) is 0 Å². The van der Waals surface area contributed by atoms with E-state index in [9.17, 15) is 4.79 Å². The van der Waals surface area contributed by atoms with Gasteiger partial charge in [0, 0.05) is 23.0 Å². The number of para-hydroxylation sites is 1. The van der Waals surface area contributed by atoms with Gasteiger partial charge in [-0.25, -0.2) is 0 Å². The number of benzene rings is 3. The second kappa shape index (κ2) is 10.8. The van der Waals surface area contributed by atoms with E-state index in [4.69, 9.17) is 9.47 Å². The molecule has 0 radical (unpaired) electrons. The number of hydrogen-bond donors (Lipinski definition) is 1. The van der Waals surface area contributed by atoms with Crippen LogP contribution in [0, 0.1) is 0 Å². The third-order valence-electron chi connectivity index (χ3n) is 5.80. The molecule has 3 aromatic rings. The molecule has 0 aliphatic carbocycles. The van der Waals surface area contributed by atoms with Gasteiger partial charge in [0.05, 0.1) is 13.7 Å². The first-order valence-corrected chi connectivity index (χ1v) is 11.2. The Bertz CT molecular complexity index is 982. The van der Waals surface area contributed by atoms with Crippen LogP contribution in [0.2, 0.25) is 0 Å². The van der Waals surface area contributed by atoms with Gasteiger partial charge in [0.15, 0.2) is 0 Å². The standard InChI is InChI=1S/C27H30N2O3/c1-31-25-14-10-21(11-15-25)27(30)29(23-8-3-2-4-9-23)24-12-16-26(17-13-24)32-20-18-22-7-5-6-19-28-22/h2-4,8-17,22,28H,5-7,18-20H2,1H3. The fourth-order valence-electron chi connectivity index (χ4n) is 4.00. The summed E-state index contributed by atoms with van der Waals surface area (Å²) < 4.78 is 11.2. The molecule has 4 rings (SSSR count). The number of nitrogens with one attached hydrogen (secondary N) is 1. The number of anilines is 2. The van der Waals surface area contributed by atoms with E-state index in [0.717, 1.165) is 35.8 Å². The molecular weight excluding hydrogens is 400 g/mol. The molecule has 3 aromatic carbocycles. The van der Waals surface area contributed by atoms with E-state index in [1.54, 1.807) is 36.3 Å². The highest BCUT2D eigenvalue weighted by atomic mass is 16.5. The Balaban J connectivity index is 1.49. The summed E-state index contributed by atoms with van der Waals surface area (Å²) in [7, 11) is 1.61. The van der Waals surface area contributed by atoms with Crippen molar-refractivity contribution in [3.63, 3.8) is 0 Å². The number of carbonyl (C=O) groups excluding carboxylic acids is 1. The topological polar surface area (TPSA) is 50.8 Å². The maximum atomic E-state index is 13.4. The second-order valence-corrected chi connectivity index (χ2v) is 7.98. The van der Waals surface area contributed by atoms with Gasteiger partial charge >= 0.3 is 0 Å². The second-order valence-electron chi connectivity index (χ2n) is 7.98. The summed E-state index contributed by atoms with van der Waals surface area (Å²) in [5.74, 6) is 1.43. The minimum atomic E-state index is -0.101. The molecule has 1 aliphatic heterocycles. The lowest BCUT2D eigenvalue weighted by Crippen LogP contribution is -2.35. The van der Waals surface area contributed by atoms with Crippen LogP contribution < -0.4 is 19.7 Å². The predicted molar refractivity (Wildman–Crippen MR) is 128 cm³/mol. The molecule has 1 heterocycles. The van der Waals surface area contributed by atoms with E-state index in [-0.39, 0.29) is 5.91 Å². The van der Waals surface area contributed by atoms with Gasteiger partial charge in [0.2, 0.25) is 0 Å². The quantitative estimate of drug-likeness (QED) is 0.507. The van der Waals surface area contributed by atoms with Crippen molar-refractivity contribution in [3.05, 3.63) is 84.4 Å². The smallest absolute Gasteiger partial charge is 0.262 e. The van der Waals surface area contributed by atoms with Gasteiger partial charge in [-0.3, -0.25) is 9.69 Å². The first-order valence-electron chi connectivity index (χ1n) is 11.2. The zero-order chi connectivity index (χ0) is 22.2. The lowest BCUT2D eigenvalue weighted by molar-refractivity contribution is 0.0999. The Labute approximate surface area is 190 Å². The first kappa shape index (κ1) is 21.9. The van der Waals surface area contributed by atoms with Crippen molar-refractivity contribution >= 4 is 17.3 Å². The molecule has 1 aliphatic rings. The molecule has 0 spiro atoms. The number of ether oxygens (including phenoxy) is 2. The highest BCUT2D eigenvalue weighted by Gasteiger charge is 2.20.